The fourth-order valence-corrected chi connectivity index (χ4v) is 1.69. The highest BCUT2D eigenvalue weighted by Crippen LogP contribution is 2.31. The van der Waals surface area contributed by atoms with E-state index < -0.39 is 0 Å². The van der Waals surface area contributed by atoms with Crippen LogP contribution in [0.2, 0.25) is 0 Å². The monoisotopic (exact) mass is 181 g/mol. The van der Waals surface area contributed by atoms with Crippen molar-refractivity contribution in [3.8, 4) is 0 Å². The van der Waals surface area contributed by atoms with E-state index >= 15 is 0 Å². The highest BCUT2D eigenvalue weighted by atomic mass is 19.1. The first-order chi connectivity index (χ1) is 6.33. The van der Waals surface area contributed by atoms with E-state index in [1.54, 1.807) is 6.07 Å². The van der Waals surface area contributed by atoms with Gasteiger partial charge >= 0.3 is 0 Å². The molecule has 70 valence electrons. The van der Waals surface area contributed by atoms with E-state index in [1.165, 1.54) is 6.07 Å². The molecule has 0 aromatic heterocycles. The first kappa shape index (κ1) is 8.66. The van der Waals surface area contributed by atoms with Crippen molar-refractivity contribution in [2.75, 3.05) is 13.6 Å². The summed E-state index contributed by atoms with van der Waals surface area (Å²) < 4.78 is 18.8. The third kappa shape index (κ3) is 1.45. The highest BCUT2D eigenvalue weighted by Gasteiger charge is 2.25. The molecule has 0 spiro atoms. The highest BCUT2D eigenvalue weighted by molar-refractivity contribution is 5.33. The second-order valence-corrected chi connectivity index (χ2v) is 3.17. The van der Waals surface area contributed by atoms with Crippen LogP contribution in [0.1, 0.15) is 17.2 Å². The Labute approximate surface area is 76.7 Å². The number of nitrogens with one attached hydrogen (secondary N) is 1. The fourth-order valence-electron chi connectivity index (χ4n) is 1.69. The predicted octanol–water partition coefficient (Wildman–Crippen LogP) is 1.62. The van der Waals surface area contributed by atoms with Crippen LogP contribution in [0.5, 0.6) is 0 Å². The second kappa shape index (κ2) is 3.44. The normalized spacial score (nSPS) is 20.3. The average Bonchev–Trinajstić information content (AvgIpc) is 2.51. The molecule has 0 aliphatic carbocycles. The Bertz CT molecular complexity index is 312. The second-order valence-electron chi connectivity index (χ2n) is 3.17. The van der Waals surface area contributed by atoms with Crippen LogP contribution >= 0.6 is 0 Å². The van der Waals surface area contributed by atoms with Crippen LogP contribution in [0.4, 0.5) is 4.39 Å². The number of halogens is 1. The lowest BCUT2D eigenvalue weighted by atomic mass is 10.0. The number of fused-ring (bicyclic) bond motifs is 1. The van der Waals surface area contributed by atoms with Gasteiger partial charge in [0.05, 0.1) is 12.7 Å². The third-order valence-corrected chi connectivity index (χ3v) is 2.29. The lowest BCUT2D eigenvalue weighted by molar-refractivity contribution is 0.0659. The summed E-state index contributed by atoms with van der Waals surface area (Å²) in [7, 11) is 1.84. The van der Waals surface area contributed by atoms with Crippen molar-refractivity contribution >= 4 is 0 Å². The average molecular weight is 181 g/mol. The smallest absolute Gasteiger partial charge is 0.129 e. The van der Waals surface area contributed by atoms with E-state index in [-0.39, 0.29) is 11.9 Å². The molecule has 0 saturated carbocycles. The van der Waals surface area contributed by atoms with Crippen molar-refractivity contribution < 1.29 is 9.13 Å². The first-order valence-corrected chi connectivity index (χ1v) is 4.36. The van der Waals surface area contributed by atoms with Crippen LogP contribution in [0.3, 0.4) is 0 Å². The molecule has 1 N–H and O–H groups in total. The lowest BCUT2D eigenvalue weighted by Crippen LogP contribution is -2.17. The zero-order valence-corrected chi connectivity index (χ0v) is 7.51. The molecule has 2 rings (SSSR count). The van der Waals surface area contributed by atoms with Crippen molar-refractivity contribution in [2.45, 2.75) is 12.7 Å². The Morgan fingerprint density at radius 2 is 2.46 bits per heavy atom. The number of hydrogen-bond donors (Lipinski definition) is 1. The Balaban J connectivity index is 2.34. The standard InChI is InChI=1S/C10H12FNO/c1-12-5-9-10-7(6-13-9)3-2-4-8(10)11/h2-4,9,12H,5-6H2,1H3/t9-/m0/s1. The van der Waals surface area contributed by atoms with Gasteiger partial charge in [-0.3, -0.25) is 0 Å². The molecule has 13 heavy (non-hydrogen) atoms. The van der Waals surface area contributed by atoms with Gasteiger partial charge in [0.25, 0.3) is 0 Å². The van der Waals surface area contributed by atoms with Gasteiger partial charge in [-0.2, -0.15) is 0 Å². The summed E-state index contributed by atoms with van der Waals surface area (Å²) >= 11 is 0. The summed E-state index contributed by atoms with van der Waals surface area (Å²) in [4.78, 5) is 0. The molecule has 0 unspecified atom stereocenters. The molecule has 1 aromatic carbocycles. The van der Waals surface area contributed by atoms with Gasteiger partial charge in [0.2, 0.25) is 0 Å². The molecule has 2 nitrogen and oxygen atoms in total. The number of likely N-dealkylation sites (N-methyl/N-ethyl adjacent to an activating group) is 1. The molecule has 0 amide bonds. The van der Waals surface area contributed by atoms with Gasteiger partial charge in [0.1, 0.15) is 5.82 Å². The summed E-state index contributed by atoms with van der Waals surface area (Å²) in [5, 5.41) is 2.99. The van der Waals surface area contributed by atoms with E-state index in [0.29, 0.717) is 13.2 Å². The van der Waals surface area contributed by atoms with Crippen LogP contribution in [0.25, 0.3) is 0 Å². The maximum Gasteiger partial charge on any atom is 0.129 e. The van der Waals surface area contributed by atoms with Gasteiger partial charge in [-0.15, -0.1) is 0 Å². The molecular formula is C10H12FNO. The summed E-state index contributed by atoms with van der Waals surface area (Å²) in [5.74, 6) is -0.157. The summed E-state index contributed by atoms with van der Waals surface area (Å²) in [6, 6.07) is 5.11. The quantitative estimate of drug-likeness (QED) is 0.748. The topological polar surface area (TPSA) is 21.3 Å². The molecule has 0 radical (unpaired) electrons. The third-order valence-electron chi connectivity index (χ3n) is 2.29. The van der Waals surface area contributed by atoms with Crippen molar-refractivity contribution in [2.24, 2.45) is 0 Å². The zero-order valence-electron chi connectivity index (χ0n) is 7.51. The van der Waals surface area contributed by atoms with E-state index in [4.69, 9.17) is 4.74 Å². The van der Waals surface area contributed by atoms with Crippen molar-refractivity contribution in [1.29, 1.82) is 0 Å². The molecule has 1 aliphatic heterocycles. The number of benzene rings is 1. The fraction of sp³-hybridized carbons (Fsp3) is 0.400. The number of rotatable bonds is 2. The van der Waals surface area contributed by atoms with Crippen LogP contribution in [0.15, 0.2) is 18.2 Å². The van der Waals surface area contributed by atoms with Crippen LogP contribution in [0, 0.1) is 5.82 Å². The molecule has 1 aliphatic rings. The maximum absolute atomic E-state index is 13.4. The summed E-state index contributed by atoms with van der Waals surface area (Å²) in [6.45, 7) is 1.19. The van der Waals surface area contributed by atoms with E-state index in [1.807, 2.05) is 13.1 Å². The van der Waals surface area contributed by atoms with Gasteiger partial charge < -0.3 is 10.1 Å². The van der Waals surface area contributed by atoms with E-state index in [2.05, 4.69) is 5.32 Å². The predicted molar refractivity (Wildman–Crippen MR) is 47.9 cm³/mol. The molecule has 3 heteroatoms. The molecule has 1 heterocycles. The largest absolute Gasteiger partial charge is 0.367 e. The van der Waals surface area contributed by atoms with Gasteiger partial charge in [-0.1, -0.05) is 12.1 Å². The molecule has 1 atom stereocenters. The Kier molecular flexibility index (Phi) is 2.29. The molecule has 0 bridgehead atoms. The van der Waals surface area contributed by atoms with Gasteiger partial charge in [-0.25, -0.2) is 4.39 Å². The van der Waals surface area contributed by atoms with E-state index in [9.17, 15) is 4.39 Å². The Morgan fingerprint density at radius 3 is 3.23 bits per heavy atom. The molecule has 0 fully saturated rings. The molecule has 1 aromatic rings. The molecular weight excluding hydrogens is 169 g/mol. The van der Waals surface area contributed by atoms with Crippen LogP contribution in [-0.2, 0) is 11.3 Å². The van der Waals surface area contributed by atoms with Crippen molar-refractivity contribution in [3.63, 3.8) is 0 Å². The minimum atomic E-state index is -0.157. The van der Waals surface area contributed by atoms with E-state index in [0.717, 1.165) is 11.1 Å². The first-order valence-electron chi connectivity index (χ1n) is 4.36. The Morgan fingerprint density at radius 1 is 1.62 bits per heavy atom. The minimum absolute atomic E-state index is 0.124. The van der Waals surface area contributed by atoms with Gasteiger partial charge in [0, 0.05) is 12.1 Å². The van der Waals surface area contributed by atoms with Gasteiger partial charge in [-0.05, 0) is 18.7 Å². The van der Waals surface area contributed by atoms with Crippen molar-refractivity contribution in [1.82, 2.24) is 5.32 Å². The zero-order chi connectivity index (χ0) is 9.26. The van der Waals surface area contributed by atoms with Gasteiger partial charge in [0.15, 0.2) is 0 Å². The van der Waals surface area contributed by atoms with Crippen LogP contribution < -0.4 is 5.32 Å². The minimum Gasteiger partial charge on any atom is -0.367 e. The lowest BCUT2D eigenvalue weighted by Gasteiger charge is -2.10. The van der Waals surface area contributed by atoms with Crippen LogP contribution in [-0.4, -0.2) is 13.6 Å². The Hall–Kier alpha value is -0.930. The SMILES string of the molecule is CNC[C@@H]1OCc2cccc(F)c21. The van der Waals surface area contributed by atoms with Crippen molar-refractivity contribution in [3.05, 3.63) is 35.1 Å². The number of hydrogen-bond acceptors (Lipinski definition) is 2. The number of ether oxygens (including phenoxy) is 1. The summed E-state index contributed by atoms with van der Waals surface area (Å²) in [5.41, 5.74) is 1.69. The maximum atomic E-state index is 13.4. The summed E-state index contributed by atoms with van der Waals surface area (Å²) in [6.07, 6.45) is -0.124. The molecule has 0 saturated heterocycles.